The summed E-state index contributed by atoms with van der Waals surface area (Å²) < 4.78 is 0. The lowest BCUT2D eigenvalue weighted by molar-refractivity contribution is 0.282. The molecule has 0 amide bonds. The van der Waals surface area contributed by atoms with Gasteiger partial charge in [0.15, 0.2) is 5.13 Å². The molecule has 0 bridgehead atoms. The minimum Gasteiger partial charge on any atom is -0.346 e. The van der Waals surface area contributed by atoms with Crippen molar-refractivity contribution < 1.29 is 0 Å². The topological polar surface area (TPSA) is 42.2 Å². The molecule has 2 N–H and O–H groups in total. The van der Waals surface area contributed by atoms with Crippen LogP contribution in [0.1, 0.15) is 64.1 Å². The normalized spacial score (nSPS) is 22.2. The SMILES string of the molecule is CCC(C)(C)N(C)c1nc2c(s1)C(N)CC(C)(C)C2. The van der Waals surface area contributed by atoms with Crippen molar-refractivity contribution in [2.24, 2.45) is 11.1 Å². The third kappa shape index (κ3) is 2.79. The number of aromatic nitrogens is 1. The molecular formula is C15H27N3S. The van der Waals surface area contributed by atoms with E-state index in [0.29, 0.717) is 0 Å². The molecule has 0 fully saturated rings. The first-order chi connectivity index (χ1) is 8.66. The number of hydrogen-bond donors (Lipinski definition) is 1. The highest BCUT2D eigenvalue weighted by molar-refractivity contribution is 7.15. The second-order valence-electron chi connectivity index (χ2n) is 7.18. The Bertz CT molecular complexity index is 462. The Labute approximate surface area is 121 Å². The van der Waals surface area contributed by atoms with Crippen LogP contribution in [0.15, 0.2) is 0 Å². The van der Waals surface area contributed by atoms with Crippen molar-refractivity contribution in [2.75, 3.05) is 11.9 Å². The van der Waals surface area contributed by atoms with Crippen LogP contribution >= 0.6 is 11.3 Å². The molecular weight excluding hydrogens is 254 g/mol. The second-order valence-corrected chi connectivity index (χ2v) is 8.19. The van der Waals surface area contributed by atoms with Gasteiger partial charge in [-0.05, 0) is 38.5 Å². The lowest BCUT2D eigenvalue weighted by Crippen LogP contribution is -2.40. The molecule has 1 heterocycles. The molecule has 1 unspecified atom stereocenters. The largest absolute Gasteiger partial charge is 0.346 e. The Morgan fingerprint density at radius 2 is 2.11 bits per heavy atom. The first kappa shape index (κ1) is 14.8. The molecule has 1 aliphatic rings. The van der Waals surface area contributed by atoms with E-state index in [0.717, 1.165) is 24.4 Å². The molecule has 0 spiro atoms. The number of nitrogens with two attached hydrogens (primary N) is 1. The van der Waals surface area contributed by atoms with Gasteiger partial charge < -0.3 is 10.6 Å². The van der Waals surface area contributed by atoms with E-state index in [1.807, 2.05) is 0 Å². The van der Waals surface area contributed by atoms with E-state index in [4.69, 9.17) is 10.7 Å². The van der Waals surface area contributed by atoms with Crippen LogP contribution in [0.3, 0.4) is 0 Å². The van der Waals surface area contributed by atoms with Gasteiger partial charge in [-0.1, -0.05) is 32.1 Å². The van der Waals surface area contributed by atoms with Gasteiger partial charge in [0.25, 0.3) is 0 Å². The smallest absolute Gasteiger partial charge is 0.186 e. The molecule has 108 valence electrons. The number of hydrogen-bond acceptors (Lipinski definition) is 4. The van der Waals surface area contributed by atoms with Crippen LogP contribution in [0.5, 0.6) is 0 Å². The van der Waals surface area contributed by atoms with Crippen molar-refractivity contribution in [3.63, 3.8) is 0 Å². The lowest BCUT2D eigenvalue weighted by Gasteiger charge is -2.34. The average molecular weight is 281 g/mol. The molecule has 0 radical (unpaired) electrons. The zero-order chi connectivity index (χ0) is 14.4. The molecule has 2 rings (SSSR count). The molecule has 3 nitrogen and oxygen atoms in total. The Kier molecular flexibility index (Phi) is 3.69. The summed E-state index contributed by atoms with van der Waals surface area (Å²) in [6, 6.07) is 0.156. The summed E-state index contributed by atoms with van der Waals surface area (Å²) in [6.07, 6.45) is 3.21. The zero-order valence-electron chi connectivity index (χ0n) is 13.1. The Morgan fingerprint density at radius 3 is 2.68 bits per heavy atom. The predicted molar refractivity (Wildman–Crippen MR) is 83.9 cm³/mol. The van der Waals surface area contributed by atoms with E-state index in [-0.39, 0.29) is 17.0 Å². The number of fused-ring (bicyclic) bond motifs is 1. The minimum atomic E-state index is 0.139. The van der Waals surface area contributed by atoms with Crippen molar-refractivity contribution in [1.82, 2.24) is 4.98 Å². The summed E-state index contributed by atoms with van der Waals surface area (Å²) in [4.78, 5) is 8.48. The first-order valence-corrected chi connectivity index (χ1v) is 7.97. The highest BCUT2D eigenvalue weighted by Gasteiger charge is 2.34. The van der Waals surface area contributed by atoms with Gasteiger partial charge in [0.1, 0.15) is 0 Å². The number of thiazole rings is 1. The molecule has 1 aliphatic carbocycles. The van der Waals surface area contributed by atoms with Crippen LogP contribution in [0.2, 0.25) is 0 Å². The quantitative estimate of drug-likeness (QED) is 0.917. The van der Waals surface area contributed by atoms with Gasteiger partial charge in [0, 0.05) is 23.5 Å². The maximum atomic E-state index is 6.33. The molecule has 0 saturated heterocycles. The van der Waals surface area contributed by atoms with E-state index < -0.39 is 0 Å². The highest BCUT2D eigenvalue weighted by atomic mass is 32.1. The number of rotatable bonds is 3. The van der Waals surface area contributed by atoms with Crippen LogP contribution in [-0.2, 0) is 6.42 Å². The fourth-order valence-electron chi connectivity index (χ4n) is 2.62. The summed E-state index contributed by atoms with van der Waals surface area (Å²) in [7, 11) is 2.14. The molecule has 19 heavy (non-hydrogen) atoms. The van der Waals surface area contributed by atoms with Crippen LogP contribution in [0.25, 0.3) is 0 Å². The standard InChI is InChI=1S/C15H27N3S/c1-7-15(4,5)18(6)13-17-11-9-14(2,3)8-10(16)12(11)19-13/h10H,7-9,16H2,1-6H3. The van der Waals surface area contributed by atoms with E-state index in [9.17, 15) is 0 Å². The minimum absolute atomic E-state index is 0.139. The molecule has 1 aromatic heterocycles. The Balaban J connectivity index is 2.33. The van der Waals surface area contributed by atoms with E-state index >= 15 is 0 Å². The van der Waals surface area contributed by atoms with Crippen molar-refractivity contribution in [3.05, 3.63) is 10.6 Å². The van der Waals surface area contributed by atoms with Gasteiger partial charge in [-0.25, -0.2) is 4.98 Å². The van der Waals surface area contributed by atoms with Crippen LogP contribution in [-0.4, -0.2) is 17.6 Å². The van der Waals surface area contributed by atoms with Crippen LogP contribution in [0, 0.1) is 5.41 Å². The summed E-state index contributed by atoms with van der Waals surface area (Å²) in [6.45, 7) is 11.3. The van der Waals surface area contributed by atoms with Gasteiger partial charge in [-0.2, -0.15) is 0 Å². The number of nitrogens with zero attached hydrogens (tertiary/aromatic N) is 2. The zero-order valence-corrected chi connectivity index (χ0v) is 13.9. The maximum Gasteiger partial charge on any atom is 0.186 e. The lowest BCUT2D eigenvalue weighted by atomic mass is 9.77. The molecule has 1 aromatic rings. The Hall–Kier alpha value is -0.610. The van der Waals surface area contributed by atoms with Gasteiger partial charge in [-0.15, -0.1) is 0 Å². The van der Waals surface area contributed by atoms with Crippen molar-refractivity contribution in [1.29, 1.82) is 0 Å². The van der Waals surface area contributed by atoms with Gasteiger partial charge in [-0.3, -0.25) is 0 Å². The van der Waals surface area contributed by atoms with Gasteiger partial charge in [0.2, 0.25) is 0 Å². The fourth-order valence-corrected chi connectivity index (χ4v) is 3.83. The molecule has 4 heteroatoms. The summed E-state index contributed by atoms with van der Waals surface area (Å²) in [5, 5.41) is 1.12. The van der Waals surface area contributed by atoms with Crippen LogP contribution < -0.4 is 10.6 Å². The molecule has 0 aromatic carbocycles. The van der Waals surface area contributed by atoms with E-state index in [1.54, 1.807) is 11.3 Å². The third-order valence-electron chi connectivity index (χ3n) is 4.53. The van der Waals surface area contributed by atoms with E-state index in [1.165, 1.54) is 10.6 Å². The summed E-state index contributed by atoms with van der Waals surface area (Å²) in [5.74, 6) is 0. The monoisotopic (exact) mass is 281 g/mol. The second kappa shape index (κ2) is 4.74. The van der Waals surface area contributed by atoms with Crippen molar-refractivity contribution >= 4 is 16.5 Å². The van der Waals surface area contributed by atoms with Crippen molar-refractivity contribution in [2.45, 2.75) is 65.5 Å². The average Bonchev–Trinajstić information content (AvgIpc) is 2.70. The fraction of sp³-hybridized carbons (Fsp3) is 0.800. The van der Waals surface area contributed by atoms with Crippen LogP contribution in [0.4, 0.5) is 5.13 Å². The summed E-state index contributed by atoms with van der Waals surface area (Å²) >= 11 is 1.78. The molecule has 1 atom stereocenters. The van der Waals surface area contributed by atoms with Gasteiger partial charge in [0.05, 0.1) is 5.69 Å². The van der Waals surface area contributed by atoms with Gasteiger partial charge >= 0.3 is 0 Å². The van der Waals surface area contributed by atoms with Crippen molar-refractivity contribution in [3.8, 4) is 0 Å². The predicted octanol–water partition coefficient (Wildman–Crippen LogP) is 3.74. The van der Waals surface area contributed by atoms with E-state index in [2.05, 4.69) is 46.6 Å². The maximum absolute atomic E-state index is 6.33. The molecule has 0 aliphatic heterocycles. The highest BCUT2D eigenvalue weighted by Crippen LogP contribution is 2.44. The third-order valence-corrected chi connectivity index (χ3v) is 5.84. The summed E-state index contributed by atoms with van der Waals surface area (Å²) in [5.41, 5.74) is 7.97. The molecule has 0 saturated carbocycles. The first-order valence-electron chi connectivity index (χ1n) is 7.15. The number of anilines is 1. The Morgan fingerprint density at radius 1 is 1.47 bits per heavy atom.